The van der Waals surface area contributed by atoms with Crippen LogP contribution in [0.4, 0.5) is 0 Å². The van der Waals surface area contributed by atoms with Crippen LogP contribution in [0, 0.1) is 0 Å². The highest BCUT2D eigenvalue weighted by Gasteiger charge is 2.27. The zero-order valence-electron chi connectivity index (χ0n) is 12.2. The van der Waals surface area contributed by atoms with Gasteiger partial charge < -0.3 is 15.7 Å². The van der Waals surface area contributed by atoms with Crippen LogP contribution >= 0.6 is 11.3 Å². The highest BCUT2D eigenvalue weighted by molar-refractivity contribution is 7.13. The average molecular weight is 317 g/mol. The zero-order chi connectivity index (χ0) is 15.5. The number of amides is 1. The molecule has 1 saturated heterocycles. The number of nitrogens with two attached hydrogens (primary N) is 1. The van der Waals surface area contributed by atoms with Crippen molar-refractivity contribution >= 4 is 17.2 Å². The van der Waals surface area contributed by atoms with Gasteiger partial charge in [0.25, 0.3) is 0 Å². The van der Waals surface area contributed by atoms with Crippen LogP contribution in [0.25, 0.3) is 10.6 Å². The fraction of sp³-hybridized carbons (Fsp3) is 0.375. The zero-order valence-corrected chi connectivity index (χ0v) is 13.0. The molecule has 0 spiro atoms. The first kappa shape index (κ1) is 15.1. The molecule has 22 heavy (non-hydrogen) atoms. The minimum Gasteiger partial charge on any atom is -0.391 e. The molecule has 0 bridgehead atoms. The Morgan fingerprint density at radius 2 is 2.14 bits per heavy atom. The third-order valence-corrected chi connectivity index (χ3v) is 4.66. The highest BCUT2D eigenvalue weighted by atomic mass is 32.1. The van der Waals surface area contributed by atoms with Crippen LogP contribution in [0.15, 0.2) is 35.7 Å². The van der Waals surface area contributed by atoms with Gasteiger partial charge in [0.05, 0.1) is 18.2 Å². The molecular weight excluding hydrogens is 298 g/mol. The number of hydrogen-bond acceptors (Lipinski definition) is 5. The van der Waals surface area contributed by atoms with E-state index in [0.29, 0.717) is 19.5 Å². The number of piperidine rings is 1. The van der Waals surface area contributed by atoms with Gasteiger partial charge in [-0.15, -0.1) is 11.3 Å². The summed E-state index contributed by atoms with van der Waals surface area (Å²) in [7, 11) is 0. The Hall–Kier alpha value is -1.76. The molecule has 1 amide bonds. The number of aromatic nitrogens is 1. The molecule has 3 rings (SSSR count). The summed E-state index contributed by atoms with van der Waals surface area (Å²) in [6, 6.07) is 9.76. The molecule has 2 heterocycles. The molecule has 1 aromatic carbocycles. The van der Waals surface area contributed by atoms with Crippen LogP contribution in [0.1, 0.15) is 12.1 Å². The molecule has 1 fully saturated rings. The second-order valence-corrected chi connectivity index (χ2v) is 6.49. The number of thiazole rings is 1. The van der Waals surface area contributed by atoms with E-state index in [1.165, 1.54) is 11.3 Å². The topological polar surface area (TPSA) is 79.5 Å². The maximum absolute atomic E-state index is 12.3. The summed E-state index contributed by atoms with van der Waals surface area (Å²) in [5, 5.41) is 12.6. The van der Waals surface area contributed by atoms with Gasteiger partial charge in [-0.05, 0) is 6.42 Å². The van der Waals surface area contributed by atoms with E-state index < -0.39 is 6.10 Å². The minimum atomic E-state index is -0.525. The fourth-order valence-electron chi connectivity index (χ4n) is 2.68. The van der Waals surface area contributed by atoms with E-state index in [1.807, 2.05) is 35.7 Å². The first-order valence-electron chi connectivity index (χ1n) is 7.33. The number of nitrogens with zero attached hydrogens (tertiary/aromatic N) is 2. The molecule has 0 radical (unpaired) electrons. The fourth-order valence-corrected chi connectivity index (χ4v) is 3.51. The van der Waals surface area contributed by atoms with Crippen molar-refractivity contribution in [2.75, 3.05) is 13.1 Å². The third kappa shape index (κ3) is 3.52. The number of carbonyl (C=O) groups is 1. The number of rotatable bonds is 3. The molecule has 5 nitrogen and oxygen atoms in total. The normalized spacial score (nSPS) is 21.8. The molecule has 2 atom stereocenters. The molecule has 1 aliphatic heterocycles. The summed E-state index contributed by atoms with van der Waals surface area (Å²) < 4.78 is 0. The van der Waals surface area contributed by atoms with E-state index in [4.69, 9.17) is 5.73 Å². The van der Waals surface area contributed by atoms with Gasteiger partial charge in [0.1, 0.15) is 5.01 Å². The van der Waals surface area contributed by atoms with E-state index in [-0.39, 0.29) is 18.4 Å². The standard InChI is InChI=1S/C16H19N3O2S/c17-12-6-14(20)9-19(8-12)15(21)7-13-10-22-16(18-13)11-4-2-1-3-5-11/h1-5,10,12,14,20H,6-9,17H2/t12-,14+/m0/s1. The SMILES string of the molecule is N[C@H]1C[C@@H](O)CN(C(=O)Cc2csc(-c3ccccc3)n2)C1. The predicted octanol–water partition coefficient (Wildman–Crippen LogP) is 1.27. The van der Waals surface area contributed by atoms with Gasteiger partial charge in [0, 0.05) is 30.1 Å². The van der Waals surface area contributed by atoms with Gasteiger partial charge in [0.2, 0.25) is 5.91 Å². The van der Waals surface area contributed by atoms with Crippen molar-refractivity contribution in [1.29, 1.82) is 0 Å². The summed E-state index contributed by atoms with van der Waals surface area (Å²) in [6.07, 6.45) is 0.282. The number of benzene rings is 1. The smallest absolute Gasteiger partial charge is 0.228 e. The number of hydrogen-bond donors (Lipinski definition) is 2. The molecule has 1 aliphatic rings. The molecule has 0 aliphatic carbocycles. The Morgan fingerprint density at radius 1 is 1.36 bits per heavy atom. The van der Waals surface area contributed by atoms with Gasteiger partial charge >= 0.3 is 0 Å². The van der Waals surface area contributed by atoms with Crippen LogP contribution in [0.2, 0.25) is 0 Å². The maximum atomic E-state index is 12.3. The number of carbonyl (C=O) groups excluding carboxylic acids is 1. The van der Waals surface area contributed by atoms with Crippen molar-refractivity contribution in [3.8, 4) is 10.6 Å². The Kier molecular flexibility index (Phi) is 4.52. The van der Waals surface area contributed by atoms with E-state index in [2.05, 4.69) is 4.98 Å². The Labute approximate surface area is 133 Å². The number of aliphatic hydroxyl groups excluding tert-OH is 1. The summed E-state index contributed by atoms with van der Waals surface area (Å²) in [6.45, 7) is 0.869. The van der Waals surface area contributed by atoms with Gasteiger partial charge in [-0.25, -0.2) is 4.98 Å². The van der Waals surface area contributed by atoms with Crippen LogP contribution in [0.3, 0.4) is 0 Å². The summed E-state index contributed by atoms with van der Waals surface area (Å²) >= 11 is 1.54. The number of likely N-dealkylation sites (tertiary alicyclic amines) is 1. The number of aliphatic hydroxyl groups is 1. The van der Waals surface area contributed by atoms with E-state index in [1.54, 1.807) is 4.90 Å². The van der Waals surface area contributed by atoms with Crippen molar-refractivity contribution in [3.05, 3.63) is 41.4 Å². The Bertz CT molecular complexity index is 634. The second kappa shape index (κ2) is 6.56. The Morgan fingerprint density at radius 3 is 2.86 bits per heavy atom. The molecule has 3 N–H and O–H groups in total. The molecule has 6 heteroatoms. The second-order valence-electron chi connectivity index (χ2n) is 5.64. The molecule has 0 unspecified atom stereocenters. The van der Waals surface area contributed by atoms with Crippen molar-refractivity contribution in [1.82, 2.24) is 9.88 Å². The monoisotopic (exact) mass is 317 g/mol. The van der Waals surface area contributed by atoms with Crippen LogP contribution < -0.4 is 5.73 Å². The van der Waals surface area contributed by atoms with Gasteiger partial charge in [-0.1, -0.05) is 30.3 Å². The molecular formula is C16H19N3O2S. The molecule has 0 saturated carbocycles. The van der Waals surface area contributed by atoms with Crippen molar-refractivity contribution in [2.24, 2.45) is 5.73 Å². The van der Waals surface area contributed by atoms with Gasteiger partial charge in [-0.3, -0.25) is 4.79 Å². The van der Waals surface area contributed by atoms with Crippen LogP contribution in [-0.2, 0) is 11.2 Å². The van der Waals surface area contributed by atoms with E-state index in [9.17, 15) is 9.90 Å². The van der Waals surface area contributed by atoms with Crippen LogP contribution in [0.5, 0.6) is 0 Å². The molecule has 2 aromatic rings. The van der Waals surface area contributed by atoms with Gasteiger partial charge in [0.15, 0.2) is 0 Å². The first-order valence-corrected chi connectivity index (χ1v) is 8.21. The van der Waals surface area contributed by atoms with Crippen molar-refractivity contribution in [3.63, 3.8) is 0 Å². The van der Waals surface area contributed by atoms with E-state index >= 15 is 0 Å². The first-order chi connectivity index (χ1) is 10.6. The van der Waals surface area contributed by atoms with Crippen molar-refractivity contribution in [2.45, 2.75) is 25.0 Å². The van der Waals surface area contributed by atoms with Crippen LogP contribution in [-0.4, -0.2) is 46.1 Å². The predicted molar refractivity (Wildman–Crippen MR) is 86.4 cm³/mol. The van der Waals surface area contributed by atoms with Crippen molar-refractivity contribution < 1.29 is 9.90 Å². The average Bonchev–Trinajstić information content (AvgIpc) is 2.95. The summed E-state index contributed by atoms with van der Waals surface area (Å²) in [5.41, 5.74) is 7.68. The third-order valence-electron chi connectivity index (χ3n) is 3.72. The quantitative estimate of drug-likeness (QED) is 0.893. The lowest BCUT2D eigenvalue weighted by Gasteiger charge is -2.33. The summed E-state index contributed by atoms with van der Waals surface area (Å²) in [4.78, 5) is 18.5. The maximum Gasteiger partial charge on any atom is 0.228 e. The highest BCUT2D eigenvalue weighted by Crippen LogP contribution is 2.23. The Balaban J connectivity index is 1.66. The van der Waals surface area contributed by atoms with E-state index in [0.717, 1.165) is 16.3 Å². The largest absolute Gasteiger partial charge is 0.391 e. The lowest BCUT2D eigenvalue weighted by Crippen LogP contribution is -2.51. The van der Waals surface area contributed by atoms with Gasteiger partial charge in [-0.2, -0.15) is 0 Å². The number of β-amino-alcohol motifs (C(OH)–C–C–N with tert-alkyl or cyclic N) is 1. The molecule has 116 valence electrons. The lowest BCUT2D eigenvalue weighted by atomic mass is 10.0. The summed E-state index contributed by atoms with van der Waals surface area (Å²) in [5.74, 6) is -0.0286. The minimum absolute atomic E-state index is 0.0286. The molecule has 1 aromatic heterocycles. The lowest BCUT2D eigenvalue weighted by molar-refractivity contribution is -0.134.